The van der Waals surface area contributed by atoms with Gasteiger partial charge >= 0.3 is 0 Å². The summed E-state index contributed by atoms with van der Waals surface area (Å²) in [5.74, 6) is 1.62. The monoisotopic (exact) mass is 389 g/mol. The molecule has 0 aliphatic rings. The highest BCUT2D eigenvalue weighted by Gasteiger charge is 2.13. The summed E-state index contributed by atoms with van der Waals surface area (Å²) in [4.78, 5) is 10.3. The topological polar surface area (TPSA) is 37.8 Å². The summed E-state index contributed by atoms with van der Waals surface area (Å²) in [6, 6.07) is 4.05. The van der Waals surface area contributed by atoms with Gasteiger partial charge in [0, 0.05) is 7.05 Å². The highest BCUT2D eigenvalue weighted by molar-refractivity contribution is 9.11. The van der Waals surface area contributed by atoms with E-state index < -0.39 is 0 Å². The highest BCUT2D eigenvalue weighted by atomic mass is 79.9. The minimum absolute atomic E-state index is 0.779. The van der Waals surface area contributed by atoms with Crippen molar-refractivity contribution in [1.82, 2.24) is 9.97 Å². The van der Waals surface area contributed by atoms with Crippen LogP contribution < -0.4 is 5.32 Å². The number of nitrogens with one attached hydrogen (secondary N) is 1. The number of anilines is 1. The molecule has 0 radical (unpaired) electrons. The van der Waals surface area contributed by atoms with Crippen LogP contribution in [0.2, 0.25) is 0 Å². The molecule has 3 nitrogen and oxygen atoms in total. The molecule has 96 valence electrons. The zero-order valence-electron chi connectivity index (χ0n) is 10.1. The SMILES string of the molecule is CCCc1nc(-c2ccc(Br)s2)nc(NC)c1Br. The molecule has 0 bridgehead atoms. The van der Waals surface area contributed by atoms with Crippen molar-refractivity contribution >= 4 is 49.0 Å². The third kappa shape index (κ3) is 2.92. The minimum atomic E-state index is 0.779. The van der Waals surface area contributed by atoms with E-state index >= 15 is 0 Å². The van der Waals surface area contributed by atoms with Gasteiger partial charge in [-0.15, -0.1) is 11.3 Å². The van der Waals surface area contributed by atoms with Crippen LogP contribution in [0.25, 0.3) is 10.7 Å². The molecule has 0 spiro atoms. The maximum atomic E-state index is 4.65. The molecular formula is C12H13Br2N3S. The molecule has 0 aromatic carbocycles. The number of halogens is 2. The normalized spacial score (nSPS) is 10.7. The molecule has 0 aliphatic heterocycles. The van der Waals surface area contributed by atoms with E-state index in [1.54, 1.807) is 11.3 Å². The van der Waals surface area contributed by atoms with Crippen LogP contribution in [0, 0.1) is 0 Å². The first-order valence-electron chi connectivity index (χ1n) is 5.65. The lowest BCUT2D eigenvalue weighted by atomic mass is 10.2. The number of aromatic nitrogens is 2. The van der Waals surface area contributed by atoms with Gasteiger partial charge in [0.2, 0.25) is 0 Å². The molecule has 0 aliphatic carbocycles. The number of aryl methyl sites for hydroxylation is 1. The van der Waals surface area contributed by atoms with Gasteiger partial charge in [-0.05, 0) is 50.4 Å². The summed E-state index contributed by atoms with van der Waals surface area (Å²) in [7, 11) is 1.87. The van der Waals surface area contributed by atoms with Gasteiger partial charge in [0.15, 0.2) is 5.82 Å². The zero-order valence-corrected chi connectivity index (χ0v) is 14.1. The van der Waals surface area contributed by atoms with Crippen molar-refractivity contribution in [3.8, 4) is 10.7 Å². The number of rotatable bonds is 4. The van der Waals surface area contributed by atoms with Crippen molar-refractivity contribution in [2.75, 3.05) is 12.4 Å². The van der Waals surface area contributed by atoms with Gasteiger partial charge in [0.05, 0.1) is 18.8 Å². The van der Waals surface area contributed by atoms with Crippen LogP contribution in [0.4, 0.5) is 5.82 Å². The Morgan fingerprint density at radius 1 is 1.28 bits per heavy atom. The van der Waals surface area contributed by atoms with Crippen LogP contribution in [0.1, 0.15) is 19.0 Å². The van der Waals surface area contributed by atoms with E-state index in [4.69, 9.17) is 0 Å². The summed E-state index contributed by atoms with van der Waals surface area (Å²) in [6.45, 7) is 2.15. The molecule has 2 aromatic heterocycles. The summed E-state index contributed by atoms with van der Waals surface area (Å²) in [6.07, 6.45) is 2.00. The Balaban J connectivity index is 2.51. The van der Waals surface area contributed by atoms with E-state index in [1.807, 2.05) is 19.2 Å². The largest absolute Gasteiger partial charge is 0.372 e. The summed E-state index contributed by atoms with van der Waals surface area (Å²) < 4.78 is 2.05. The van der Waals surface area contributed by atoms with Crippen molar-refractivity contribution in [2.45, 2.75) is 19.8 Å². The molecule has 0 unspecified atom stereocenters. The van der Waals surface area contributed by atoms with E-state index in [0.717, 1.165) is 43.3 Å². The predicted molar refractivity (Wildman–Crippen MR) is 84.3 cm³/mol. The fourth-order valence-corrected chi connectivity index (χ4v) is 3.50. The minimum Gasteiger partial charge on any atom is -0.372 e. The van der Waals surface area contributed by atoms with E-state index in [1.165, 1.54) is 0 Å². The van der Waals surface area contributed by atoms with E-state index in [-0.39, 0.29) is 0 Å². The molecule has 0 saturated heterocycles. The first kappa shape index (κ1) is 14.0. The smallest absolute Gasteiger partial charge is 0.171 e. The van der Waals surface area contributed by atoms with Crippen LogP contribution >= 0.6 is 43.2 Å². The number of hydrogen-bond donors (Lipinski definition) is 1. The Hall–Kier alpha value is -0.460. The summed E-state index contributed by atoms with van der Waals surface area (Å²) in [5, 5.41) is 3.11. The molecule has 18 heavy (non-hydrogen) atoms. The maximum Gasteiger partial charge on any atom is 0.171 e. The third-order valence-corrected chi connectivity index (χ3v) is 4.89. The zero-order chi connectivity index (χ0) is 13.1. The average molecular weight is 391 g/mol. The van der Waals surface area contributed by atoms with E-state index in [0.29, 0.717) is 0 Å². The van der Waals surface area contributed by atoms with Crippen LogP contribution in [0.3, 0.4) is 0 Å². The first-order valence-corrected chi connectivity index (χ1v) is 8.05. The van der Waals surface area contributed by atoms with Gasteiger partial charge in [-0.2, -0.15) is 0 Å². The van der Waals surface area contributed by atoms with Gasteiger partial charge < -0.3 is 5.32 Å². The van der Waals surface area contributed by atoms with Crippen LogP contribution in [-0.2, 0) is 6.42 Å². The second kappa shape index (κ2) is 6.12. The fraction of sp³-hybridized carbons (Fsp3) is 0.333. The number of thiophene rings is 1. The highest BCUT2D eigenvalue weighted by Crippen LogP contribution is 2.32. The van der Waals surface area contributed by atoms with Crippen molar-refractivity contribution in [3.63, 3.8) is 0 Å². The predicted octanol–water partition coefficient (Wildman–Crippen LogP) is 4.72. The molecule has 2 heterocycles. The molecule has 0 atom stereocenters. The van der Waals surface area contributed by atoms with Crippen LogP contribution in [0.5, 0.6) is 0 Å². The van der Waals surface area contributed by atoms with E-state index in [2.05, 4.69) is 54.1 Å². The van der Waals surface area contributed by atoms with Gasteiger partial charge in [0.1, 0.15) is 5.82 Å². The maximum absolute atomic E-state index is 4.65. The lowest BCUT2D eigenvalue weighted by molar-refractivity contribution is 0.869. The molecule has 2 rings (SSSR count). The Morgan fingerprint density at radius 2 is 2.06 bits per heavy atom. The third-order valence-electron chi connectivity index (χ3n) is 2.44. The van der Waals surface area contributed by atoms with Gasteiger partial charge in [-0.25, -0.2) is 9.97 Å². The molecule has 6 heteroatoms. The van der Waals surface area contributed by atoms with Gasteiger partial charge in [-0.3, -0.25) is 0 Å². The Bertz CT molecular complexity index is 554. The second-order valence-corrected chi connectivity index (χ2v) is 7.02. The summed E-state index contributed by atoms with van der Waals surface area (Å²) in [5.41, 5.74) is 1.05. The standard InChI is InChI=1S/C12H13Br2N3S/c1-3-4-7-10(14)12(15-2)17-11(16-7)8-5-6-9(13)18-8/h5-6H,3-4H2,1-2H3,(H,15,16,17). The molecule has 2 aromatic rings. The average Bonchev–Trinajstić information content (AvgIpc) is 2.79. The molecule has 0 saturated carbocycles. The Labute approximate surface area is 127 Å². The van der Waals surface area contributed by atoms with Gasteiger partial charge in [0.25, 0.3) is 0 Å². The van der Waals surface area contributed by atoms with Gasteiger partial charge in [-0.1, -0.05) is 13.3 Å². The van der Waals surface area contributed by atoms with Crippen molar-refractivity contribution < 1.29 is 0 Å². The molecule has 0 fully saturated rings. The number of hydrogen-bond acceptors (Lipinski definition) is 4. The molecular weight excluding hydrogens is 378 g/mol. The molecule has 0 amide bonds. The Morgan fingerprint density at radius 3 is 2.61 bits per heavy atom. The lowest BCUT2D eigenvalue weighted by Crippen LogP contribution is -2.02. The lowest BCUT2D eigenvalue weighted by Gasteiger charge is -2.09. The fourth-order valence-electron chi connectivity index (χ4n) is 1.61. The number of nitrogens with zero attached hydrogens (tertiary/aromatic N) is 2. The van der Waals surface area contributed by atoms with Crippen molar-refractivity contribution in [1.29, 1.82) is 0 Å². The van der Waals surface area contributed by atoms with Crippen LogP contribution in [-0.4, -0.2) is 17.0 Å². The second-order valence-electron chi connectivity index (χ2n) is 3.76. The van der Waals surface area contributed by atoms with Crippen molar-refractivity contribution in [2.24, 2.45) is 0 Å². The quantitative estimate of drug-likeness (QED) is 0.820. The van der Waals surface area contributed by atoms with E-state index in [9.17, 15) is 0 Å². The van der Waals surface area contributed by atoms with Crippen LogP contribution in [0.15, 0.2) is 20.4 Å². The molecule has 1 N–H and O–H groups in total. The van der Waals surface area contributed by atoms with Crippen molar-refractivity contribution in [3.05, 3.63) is 26.1 Å². The first-order chi connectivity index (χ1) is 8.65. The summed E-state index contributed by atoms with van der Waals surface area (Å²) >= 11 is 8.67. The Kier molecular flexibility index (Phi) is 4.75.